The molecule has 1 amide bonds. The molecular weight excluding hydrogens is 407 g/mol. The van der Waals surface area contributed by atoms with Crippen LogP contribution < -0.4 is 15.9 Å². The molecule has 6 nitrogen and oxygen atoms in total. The lowest BCUT2D eigenvalue weighted by atomic mass is 10.00. The number of nitrogens with one attached hydrogen (secondary N) is 1. The highest BCUT2D eigenvalue weighted by molar-refractivity contribution is 6.33. The smallest absolute Gasteiger partial charge is 0.350 e. The van der Waals surface area contributed by atoms with Crippen molar-refractivity contribution in [2.75, 3.05) is 23.3 Å². The zero-order valence-electron chi connectivity index (χ0n) is 16.6. The summed E-state index contributed by atoms with van der Waals surface area (Å²) in [5.74, 6) is 0.261. The molecule has 2 aromatic carbocycles. The van der Waals surface area contributed by atoms with Gasteiger partial charge in [0.05, 0.1) is 16.2 Å². The summed E-state index contributed by atoms with van der Waals surface area (Å²) in [6, 6.07) is 11.2. The van der Waals surface area contributed by atoms with Crippen molar-refractivity contribution in [3.63, 3.8) is 0 Å². The Labute approximate surface area is 178 Å². The maximum Gasteiger partial charge on any atom is 0.350 e. The van der Waals surface area contributed by atoms with E-state index in [-0.39, 0.29) is 17.3 Å². The molecule has 1 aromatic heterocycles. The van der Waals surface area contributed by atoms with E-state index in [1.54, 1.807) is 0 Å². The lowest BCUT2D eigenvalue weighted by molar-refractivity contribution is -0.116. The number of rotatable bonds is 4. The maximum absolute atomic E-state index is 13.2. The molecular formula is C22H22ClFN4O2. The maximum atomic E-state index is 13.2. The molecule has 1 atom stereocenters. The Bertz CT molecular complexity index is 1160. The van der Waals surface area contributed by atoms with Gasteiger partial charge in [0.25, 0.3) is 0 Å². The van der Waals surface area contributed by atoms with Crippen LogP contribution in [0.4, 0.5) is 15.9 Å². The third kappa shape index (κ3) is 4.16. The topological polar surface area (TPSA) is 67.2 Å². The van der Waals surface area contributed by atoms with Crippen molar-refractivity contribution in [3.8, 4) is 0 Å². The molecule has 0 unspecified atom stereocenters. The molecule has 1 saturated heterocycles. The van der Waals surface area contributed by atoms with E-state index >= 15 is 0 Å². The standard InChI is InChI=1S/C22H22ClFN4O2/c1-14-5-4-10-27(12-14)21-16-6-2-3-7-19(16)28(22(30)26-21)13-20(29)25-18-9-8-15(24)11-17(18)23/h2-3,6-9,11,14H,4-5,10,12-13H2,1H3,(H,25,29)/t14-/m1/s1. The first-order chi connectivity index (χ1) is 14.4. The van der Waals surface area contributed by atoms with Crippen LogP contribution in [0.3, 0.4) is 0 Å². The quantitative estimate of drug-likeness (QED) is 0.680. The van der Waals surface area contributed by atoms with Crippen LogP contribution in [0.5, 0.6) is 0 Å². The molecule has 1 aliphatic heterocycles. The van der Waals surface area contributed by atoms with Gasteiger partial charge in [0.2, 0.25) is 5.91 Å². The summed E-state index contributed by atoms with van der Waals surface area (Å²) < 4.78 is 14.6. The number of hydrogen-bond acceptors (Lipinski definition) is 4. The molecule has 3 aromatic rings. The van der Waals surface area contributed by atoms with Gasteiger partial charge in [-0.3, -0.25) is 9.36 Å². The predicted molar refractivity (Wildman–Crippen MR) is 117 cm³/mol. The van der Waals surface area contributed by atoms with E-state index in [4.69, 9.17) is 11.6 Å². The summed E-state index contributed by atoms with van der Waals surface area (Å²) in [6.07, 6.45) is 2.22. The third-order valence-corrected chi connectivity index (χ3v) is 5.64. The molecule has 2 heterocycles. The van der Waals surface area contributed by atoms with E-state index in [9.17, 15) is 14.0 Å². The number of hydrogen-bond donors (Lipinski definition) is 1. The predicted octanol–water partition coefficient (Wildman–Crippen LogP) is 4.06. The lowest BCUT2D eigenvalue weighted by Gasteiger charge is -2.32. The van der Waals surface area contributed by atoms with E-state index in [0.717, 1.165) is 37.4 Å². The van der Waals surface area contributed by atoms with E-state index in [1.807, 2.05) is 24.3 Å². The average molecular weight is 429 g/mol. The molecule has 8 heteroatoms. The van der Waals surface area contributed by atoms with Crippen molar-refractivity contribution in [3.05, 3.63) is 63.8 Å². The van der Waals surface area contributed by atoms with Crippen LogP contribution in [0.15, 0.2) is 47.3 Å². The number of nitrogens with zero attached hydrogens (tertiary/aromatic N) is 3. The van der Waals surface area contributed by atoms with Gasteiger partial charge in [-0.05, 0) is 49.1 Å². The number of piperidine rings is 1. The van der Waals surface area contributed by atoms with Crippen molar-refractivity contribution < 1.29 is 9.18 Å². The molecule has 1 fully saturated rings. The Morgan fingerprint density at radius 1 is 1.30 bits per heavy atom. The fraction of sp³-hybridized carbons (Fsp3) is 0.318. The number of carbonyl (C=O) groups is 1. The Kier molecular flexibility index (Phi) is 5.72. The molecule has 0 spiro atoms. The molecule has 4 rings (SSSR count). The minimum atomic E-state index is -0.493. The first-order valence-electron chi connectivity index (χ1n) is 9.92. The summed E-state index contributed by atoms with van der Waals surface area (Å²) in [6.45, 7) is 3.68. The van der Waals surface area contributed by atoms with E-state index in [2.05, 4.69) is 22.1 Å². The molecule has 1 N–H and O–H groups in total. The van der Waals surface area contributed by atoms with Gasteiger partial charge in [-0.1, -0.05) is 30.7 Å². The SMILES string of the molecule is C[C@@H]1CCCN(c2nc(=O)n(CC(=O)Nc3ccc(F)cc3Cl)c3ccccc23)C1. The highest BCUT2D eigenvalue weighted by atomic mass is 35.5. The van der Waals surface area contributed by atoms with Gasteiger partial charge in [-0.15, -0.1) is 0 Å². The number of amides is 1. The summed E-state index contributed by atoms with van der Waals surface area (Å²) in [7, 11) is 0. The summed E-state index contributed by atoms with van der Waals surface area (Å²) >= 11 is 5.98. The van der Waals surface area contributed by atoms with Crippen molar-refractivity contribution in [2.45, 2.75) is 26.3 Å². The van der Waals surface area contributed by atoms with Crippen molar-refractivity contribution in [1.29, 1.82) is 0 Å². The van der Waals surface area contributed by atoms with Crippen LogP contribution in [-0.2, 0) is 11.3 Å². The van der Waals surface area contributed by atoms with Gasteiger partial charge >= 0.3 is 5.69 Å². The van der Waals surface area contributed by atoms with Gasteiger partial charge in [0, 0.05) is 18.5 Å². The van der Waals surface area contributed by atoms with Crippen molar-refractivity contribution in [2.24, 2.45) is 5.92 Å². The summed E-state index contributed by atoms with van der Waals surface area (Å²) in [5, 5.41) is 3.55. The van der Waals surface area contributed by atoms with Crippen LogP contribution in [-0.4, -0.2) is 28.5 Å². The third-order valence-electron chi connectivity index (χ3n) is 5.33. The van der Waals surface area contributed by atoms with Crippen LogP contribution in [0.2, 0.25) is 5.02 Å². The van der Waals surface area contributed by atoms with E-state index in [1.165, 1.54) is 16.7 Å². The van der Waals surface area contributed by atoms with E-state index in [0.29, 0.717) is 17.3 Å². The second-order valence-corrected chi connectivity index (χ2v) is 8.09. The van der Waals surface area contributed by atoms with Gasteiger partial charge in [0.1, 0.15) is 18.2 Å². The van der Waals surface area contributed by atoms with Crippen LogP contribution in [0.1, 0.15) is 19.8 Å². The number of halogens is 2. The molecule has 0 saturated carbocycles. The number of aromatic nitrogens is 2. The van der Waals surface area contributed by atoms with Gasteiger partial charge in [-0.25, -0.2) is 9.18 Å². The van der Waals surface area contributed by atoms with Crippen LogP contribution in [0.25, 0.3) is 10.9 Å². The minimum absolute atomic E-state index is 0.0910. The monoisotopic (exact) mass is 428 g/mol. The first kappa shape index (κ1) is 20.3. The fourth-order valence-corrected chi connectivity index (χ4v) is 4.13. The molecule has 0 aliphatic carbocycles. The lowest BCUT2D eigenvalue weighted by Crippen LogP contribution is -2.38. The molecule has 156 valence electrons. The Balaban J connectivity index is 1.66. The van der Waals surface area contributed by atoms with Gasteiger partial charge in [0.15, 0.2) is 0 Å². The zero-order chi connectivity index (χ0) is 21.3. The van der Waals surface area contributed by atoms with Gasteiger partial charge < -0.3 is 10.2 Å². The van der Waals surface area contributed by atoms with Crippen LogP contribution >= 0.6 is 11.6 Å². The molecule has 1 aliphatic rings. The second kappa shape index (κ2) is 8.44. The summed E-state index contributed by atoms with van der Waals surface area (Å²) in [5.41, 5.74) is 0.445. The number of benzene rings is 2. The normalized spacial score (nSPS) is 16.6. The Morgan fingerprint density at radius 3 is 2.87 bits per heavy atom. The fourth-order valence-electron chi connectivity index (χ4n) is 3.91. The zero-order valence-corrected chi connectivity index (χ0v) is 17.3. The van der Waals surface area contributed by atoms with Crippen molar-refractivity contribution >= 4 is 39.9 Å². The largest absolute Gasteiger partial charge is 0.356 e. The van der Waals surface area contributed by atoms with Crippen molar-refractivity contribution in [1.82, 2.24) is 9.55 Å². The number of carbonyl (C=O) groups excluding carboxylic acids is 1. The van der Waals surface area contributed by atoms with E-state index < -0.39 is 17.4 Å². The van der Waals surface area contributed by atoms with Gasteiger partial charge in [-0.2, -0.15) is 4.98 Å². The number of anilines is 2. The molecule has 0 bridgehead atoms. The molecule has 0 radical (unpaired) electrons. The highest BCUT2D eigenvalue weighted by Crippen LogP contribution is 2.27. The van der Waals surface area contributed by atoms with Crippen LogP contribution in [0, 0.1) is 11.7 Å². The highest BCUT2D eigenvalue weighted by Gasteiger charge is 2.22. The Morgan fingerprint density at radius 2 is 2.10 bits per heavy atom. The average Bonchev–Trinajstić information content (AvgIpc) is 2.72. The summed E-state index contributed by atoms with van der Waals surface area (Å²) in [4.78, 5) is 31.9. The Hall–Kier alpha value is -2.93. The second-order valence-electron chi connectivity index (χ2n) is 7.69. The number of fused-ring (bicyclic) bond motifs is 1. The molecule has 30 heavy (non-hydrogen) atoms. The number of para-hydroxylation sites is 1. The minimum Gasteiger partial charge on any atom is -0.356 e. The first-order valence-corrected chi connectivity index (χ1v) is 10.3.